The van der Waals surface area contributed by atoms with E-state index in [9.17, 15) is 4.79 Å². The highest BCUT2D eigenvalue weighted by atomic mass is 35.5. The fourth-order valence-corrected chi connectivity index (χ4v) is 2.86. The van der Waals surface area contributed by atoms with E-state index >= 15 is 0 Å². The molecule has 0 saturated heterocycles. The fraction of sp³-hybridized carbons (Fsp3) is 0.400. The normalized spacial score (nSPS) is 22.9. The first-order valence-electron chi connectivity index (χ1n) is 6.34. The minimum absolute atomic E-state index is 0.0460. The summed E-state index contributed by atoms with van der Waals surface area (Å²) < 4.78 is 5.43. The lowest BCUT2D eigenvalue weighted by atomic mass is 10.1. The summed E-state index contributed by atoms with van der Waals surface area (Å²) >= 11 is 11.4. The summed E-state index contributed by atoms with van der Waals surface area (Å²) in [5, 5.41) is 2.90. The lowest BCUT2D eigenvalue weighted by Crippen LogP contribution is -2.17. The van der Waals surface area contributed by atoms with Gasteiger partial charge in [-0.1, -0.05) is 49.2 Å². The van der Waals surface area contributed by atoms with Crippen molar-refractivity contribution in [2.45, 2.75) is 13.8 Å². The van der Waals surface area contributed by atoms with Crippen LogP contribution in [0.25, 0.3) is 0 Å². The number of rotatable bonds is 4. The third kappa shape index (κ3) is 2.94. The first kappa shape index (κ1) is 15.2. The van der Waals surface area contributed by atoms with E-state index in [1.54, 1.807) is 19.3 Å². The lowest BCUT2D eigenvalue weighted by Gasteiger charge is -2.10. The molecule has 108 valence electrons. The minimum atomic E-state index is -0.139. The van der Waals surface area contributed by atoms with Gasteiger partial charge in [0.05, 0.1) is 18.7 Å². The summed E-state index contributed by atoms with van der Waals surface area (Å²) in [6.07, 6.45) is 1.73. The van der Waals surface area contributed by atoms with Crippen molar-refractivity contribution in [3.8, 4) is 5.75 Å². The van der Waals surface area contributed by atoms with Crippen molar-refractivity contribution in [1.29, 1.82) is 0 Å². The summed E-state index contributed by atoms with van der Waals surface area (Å²) in [6, 6.07) is 7.32. The highest BCUT2D eigenvalue weighted by Gasteiger charge is 2.60. The van der Waals surface area contributed by atoms with Crippen LogP contribution in [0, 0.1) is 17.3 Å². The van der Waals surface area contributed by atoms with Crippen LogP contribution in [0.3, 0.4) is 0 Å². The Labute approximate surface area is 128 Å². The Bertz CT molecular complexity index is 551. The minimum Gasteiger partial charge on any atom is -0.495 e. The van der Waals surface area contributed by atoms with E-state index in [0.717, 1.165) is 0 Å². The van der Waals surface area contributed by atoms with Gasteiger partial charge in [0.15, 0.2) is 0 Å². The quantitative estimate of drug-likeness (QED) is 0.903. The number of halogens is 2. The molecule has 0 spiro atoms. The van der Waals surface area contributed by atoms with E-state index in [-0.39, 0.29) is 27.6 Å². The maximum absolute atomic E-state index is 12.4. The Hall–Kier alpha value is -1.19. The summed E-state index contributed by atoms with van der Waals surface area (Å²) in [4.78, 5) is 12.4. The maximum Gasteiger partial charge on any atom is 0.228 e. The summed E-state index contributed by atoms with van der Waals surface area (Å²) in [5.41, 5.74) is 0.531. The van der Waals surface area contributed by atoms with Crippen molar-refractivity contribution in [3.05, 3.63) is 34.8 Å². The van der Waals surface area contributed by atoms with Crippen LogP contribution in [0.15, 0.2) is 34.8 Å². The molecule has 1 fully saturated rings. The second kappa shape index (κ2) is 5.66. The third-order valence-corrected chi connectivity index (χ3v) is 4.12. The van der Waals surface area contributed by atoms with Gasteiger partial charge < -0.3 is 10.1 Å². The number of allylic oxidation sites excluding steroid dienone is 1. The largest absolute Gasteiger partial charge is 0.495 e. The molecule has 0 aliphatic heterocycles. The van der Waals surface area contributed by atoms with Gasteiger partial charge in [-0.15, -0.1) is 0 Å². The van der Waals surface area contributed by atoms with Crippen LogP contribution in [-0.2, 0) is 4.79 Å². The smallest absolute Gasteiger partial charge is 0.228 e. The Morgan fingerprint density at radius 1 is 1.35 bits per heavy atom. The Balaban J connectivity index is 2.12. The molecular weight excluding hydrogens is 297 g/mol. The topological polar surface area (TPSA) is 38.3 Å². The number of carbonyl (C=O) groups excluding carboxylic acids is 1. The van der Waals surface area contributed by atoms with Crippen LogP contribution in [0.1, 0.15) is 13.8 Å². The average molecular weight is 314 g/mol. The van der Waals surface area contributed by atoms with Crippen molar-refractivity contribution < 1.29 is 9.53 Å². The van der Waals surface area contributed by atoms with Crippen molar-refractivity contribution in [2.24, 2.45) is 17.3 Å². The maximum atomic E-state index is 12.4. The number of anilines is 1. The molecule has 1 aliphatic rings. The van der Waals surface area contributed by atoms with E-state index in [2.05, 4.69) is 5.32 Å². The zero-order chi connectivity index (χ0) is 14.9. The van der Waals surface area contributed by atoms with E-state index in [1.807, 2.05) is 32.0 Å². The molecular formula is C15H17Cl2NO2. The van der Waals surface area contributed by atoms with Crippen LogP contribution in [0.2, 0.25) is 0 Å². The van der Waals surface area contributed by atoms with Crippen molar-refractivity contribution >= 4 is 34.8 Å². The molecule has 0 bridgehead atoms. The first-order valence-corrected chi connectivity index (χ1v) is 7.10. The van der Waals surface area contributed by atoms with Gasteiger partial charge in [0.1, 0.15) is 10.2 Å². The number of carbonyl (C=O) groups is 1. The average Bonchev–Trinajstić information content (AvgIpc) is 2.90. The van der Waals surface area contributed by atoms with E-state index in [1.165, 1.54) is 0 Å². The molecule has 20 heavy (non-hydrogen) atoms. The monoisotopic (exact) mass is 313 g/mol. The molecule has 0 heterocycles. The highest BCUT2D eigenvalue weighted by molar-refractivity contribution is 6.55. The van der Waals surface area contributed by atoms with Crippen molar-refractivity contribution in [2.75, 3.05) is 12.4 Å². The summed E-state index contributed by atoms with van der Waals surface area (Å²) in [6.45, 7) is 4.05. The fourth-order valence-electron chi connectivity index (χ4n) is 2.58. The Kier molecular flexibility index (Phi) is 4.31. The van der Waals surface area contributed by atoms with Gasteiger partial charge >= 0.3 is 0 Å². The van der Waals surface area contributed by atoms with Crippen molar-refractivity contribution in [1.82, 2.24) is 0 Å². The van der Waals surface area contributed by atoms with Gasteiger partial charge in [-0.2, -0.15) is 0 Å². The molecule has 1 N–H and O–H groups in total. The number of nitrogens with one attached hydrogen (secondary N) is 1. The van der Waals surface area contributed by atoms with Gasteiger partial charge in [0, 0.05) is 0 Å². The van der Waals surface area contributed by atoms with E-state index in [4.69, 9.17) is 27.9 Å². The van der Waals surface area contributed by atoms with Crippen molar-refractivity contribution in [3.63, 3.8) is 0 Å². The number of para-hydroxylation sites is 2. The molecule has 1 saturated carbocycles. The van der Waals surface area contributed by atoms with Gasteiger partial charge in [0.2, 0.25) is 5.91 Å². The summed E-state index contributed by atoms with van der Waals surface area (Å²) in [7, 11) is 1.57. The predicted molar refractivity (Wildman–Crippen MR) is 82.2 cm³/mol. The zero-order valence-corrected chi connectivity index (χ0v) is 13.1. The predicted octanol–water partition coefficient (Wildman–Crippen LogP) is 4.22. The number of methoxy groups -OCH3 is 1. The van der Waals surface area contributed by atoms with Crippen LogP contribution >= 0.6 is 23.2 Å². The van der Waals surface area contributed by atoms with Gasteiger partial charge in [-0.25, -0.2) is 0 Å². The number of benzene rings is 1. The molecule has 0 radical (unpaired) electrons. The Morgan fingerprint density at radius 2 is 2.00 bits per heavy atom. The lowest BCUT2D eigenvalue weighted by molar-refractivity contribution is -0.118. The molecule has 5 heteroatoms. The van der Waals surface area contributed by atoms with Gasteiger partial charge in [-0.05, 0) is 29.5 Å². The number of ether oxygens (including phenoxy) is 1. The van der Waals surface area contributed by atoms with Crippen LogP contribution in [-0.4, -0.2) is 13.0 Å². The van der Waals surface area contributed by atoms with Crippen LogP contribution < -0.4 is 10.1 Å². The number of hydrogen-bond donors (Lipinski definition) is 1. The van der Waals surface area contributed by atoms with E-state index < -0.39 is 0 Å². The third-order valence-electron chi connectivity index (χ3n) is 3.86. The molecule has 1 aromatic carbocycles. The second-order valence-electron chi connectivity index (χ2n) is 5.47. The number of amides is 1. The highest BCUT2D eigenvalue weighted by Crippen LogP contribution is 2.60. The van der Waals surface area contributed by atoms with Gasteiger partial charge in [-0.3, -0.25) is 4.79 Å². The van der Waals surface area contributed by atoms with Gasteiger partial charge in [0.25, 0.3) is 0 Å². The number of hydrogen-bond acceptors (Lipinski definition) is 2. The van der Waals surface area contributed by atoms with E-state index in [0.29, 0.717) is 11.4 Å². The molecule has 1 aliphatic carbocycles. The molecule has 1 aromatic rings. The molecule has 1 amide bonds. The SMILES string of the molecule is COc1ccccc1NC(=O)[C@@H]1[C@H](C=C(Cl)Cl)C1(C)C. The molecule has 2 rings (SSSR count). The zero-order valence-electron chi connectivity index (χ0n) is 11.6. The van der Waals surface area contributed by atoms with Crippen LogP contribution in [0.5, 0.6) is 5.75 Å². The Morgan fingerprint density at radius 3 is 2.60 bits per heavy atom. The molecule has 0 unspecified atom stereocenters. The molecule has 0 aromatic heterocycles. The molecule has 2 atom stereocenters. The molecule has 3 nitrogen and oxygen atoms in total. The standard InChI is InChI=1S/C15H17Cl2NO2/c1-15(2)9(8-12(16)17)13(15)14(19)18-10-6-4-5-7-11(10)20-3/h4-9,13H,1-3H3,(H,18,19)/t9-,13-/m0/s1. The second-order valence-corrected chi connectivity index (χ2v) is 6.48. The summed E-state index contributed by atoms with van der Waals surface area (Å²) in [5.74, 6) is 0.513. The van der Waals surface area contributed by atoms with Crippen LogP contribution in [0.4, 0.5) is 5.69 Å². The first-order chi connectivity index (χ1) is 9.37.